The summed E-state index contributed by atoms with van der Waals surface area (Å²) in [4.78, 5) is 8.87. The Morgan fingerprint density at radius 3 is 2.84 bits per heavy atom. The Kier molecular flexibility index (Phi) is 3.22. The van der Waals surface area contributed by atoms with Gasteiger partial charge in [-0.1, -0.05) is 24.6 Å². The van der Waals surface area contributed by atoms with E-state index in [1.54, 1.807) is 6.20 Å². The lowest BCUT2D eigenvalue weighted by Crippen LogP contribution is -2.00. The number of benzene rings is 1. The predicted octanol–water partition coefficient (Wildman–Crippen LogP) is 4.16. The third-order valence-electron chi connectivity index (χ3n) is 3.08. The molecule has 0 aliphatic rings. The number of para-hydroxylation sites is 1. The largest absolute Gasteiger partial charge is 0.323 e. The monoisotopic (exact) mass is 271 g/mol. The Bertz CT molecular complexity index is 704. The first-order valence-corrected chi connectivity index (χ1v) is 6.74. The maximum atomic E-state index is 6.32. The summed E-state index contributed by atoms with van der Waals surface area (Å²) in [5, 5.41) is 0.744. The molecule has 19 heavy (non-hydrogen) atoms. The van der Waals surface area contributed by atoms with Crippen LogP contribution in [0.4, 0.5) is 0 Å². The van der Waals surface area contributed by atoms with Crippen LogP contribution < -0.4 is 0 Å². The number of pyridine rings is 1. The van der Waals surface area contributed by atoms with E-state index in [-0.39, 0.29) is 0 Å². The van der Waals surface area contributed by atoms with Gasteiger partial charge in [-0.25, -0.2) is 4.98 Å². The molecule has 0 N–H and O–H groups in total. The van der Waals surface area contributed by atoms with Crippen LogP contribution in [0, 0.1) is 0 Å². The minimum absolute atomic E-state index is 0.744. The smallest absolute Gasteiger partial charge is 0.142 e. The van der Waals surface area contributed by atoms with E-state index in [0.717, 1.165) is 40.4 Å². The van der Waals surface area contributed by atoms with Gasteiger partial charge in [0.1, 0.15) is 5.82 Å². The van der Waals surface area contributed by atoms with Crippen molar-refractivity contribution < 1.29 is 0 Å². The Hall–Kier alpha value is -1.87. The van der Waals surface area contributed by atoms with Gasteiger partial charge < -0.3 is 4.57 Å². The molecule has 96 valence electrons. The van der Waals surface area contributed by atoms with Crippen molar-refractivity contribution in [1.29, 1.82) is 0 Å². The van der Waals surface area contributed by atoms with Crippen molar-refractivity contribution in [3.8, 4) is 11.4 Å². The van der Waals surface area contributed by atoms with Gasteiger partial charge in [0, 0.05) is 24.5 Å². The molecule has 4 heteroatoms. The average molecular weight is 272 g/mol. The Labute approximate surface area is 116 Å². The first-order chi connectivity index (χ1) is 9.31. The zero-order valence-corrected chi connectivity index (χ0v) is 11.4. The maximum Gasteiger partial charge on any atom is 0.142 e. The third-order valence-corrected chi connectivity index (χ3v) is 3.39. The van der Waals surface area contributed by atoms with Crippen molar-refractivity contribution in [2.75, 3.05) is 0 Å². The van der Waals surface area contributed by atoms with Gasteiger partial charge in [-0.3, -0.25) is 4.98 Å². The first kappa shape index (κ1) is 12.2. The van der Waals surface area contributed by atoms with E-state index in [1.165, 1.54) is 0 Å². The molecule has 0 radical (unpaired) electrons. The van der Waals surface area contributed by atoms with Crippen LogP contribution in [0.15, 0.2) is 42.7 Å². The van der Waals surface area contributed by atoms with Crippen LogP contribution in [0.1, 0.15) is 13.3 Å². The van der Waals surface area contributed by atoms with E-state index >= 15 is 0 Å². The van der Waals surface area contributed by atoms with Crippen molar-refractivity contribution >= 4 is 22.6 Å². The van der Waals surface area contributed by atoms with Gasteiger partial charge in [-0.05, 0) is 30.7 Å². The summed E-state index contributed by atoms with van der Waals surface area (Å²) in [5.74, 6) is 0.929. The maximum absolute atomic E-state index is 6.32. The molecule has 0 atom stereocenters. The lowest BCUT2D eigenvalue weighted by atomic mass is 10.2. The Balaban J connectivity index is 2.30. The second kappa shape index (κ2) is 5.02. The van der Waals surface area contributed by atoms with Crippen molar-refractivity contribution in [2.24, 2.45) is 0 Å². The summed E-state index contributed by atoms with van der Waals surface area (Å²) in [7, 11) is 0. The molecule has 0 bridgehead atoms. The number of aromatic nitrogens is 3. The standard InChI is InChI=1S/C15H14ClN3/c1-2-9-19-14-12(16)6-3-7-13(14)18-15(19)11-5-4-8-17-10-11/h3-8,10H,2,9H2,1H3. The first-order valence-electron chi connectivity index (χ1n) is 6.36. The number of aryl methyl sites for hydroxylation is 1. The minimum Gasteiger partial charge on any atom is -0.323 e. The lowest BCUT2D eigenvalue weighted by molar-refractivity contribution is 0.704. The summed E-state index contributed by atoms with van der Waals surface area (Å²) in [6.07, 6.45) is 4.63. The normalized spacial score (nSPS) is 11.1. The molecule has 3 nitrogen and oxygen atoms in total. The fraction of sp³-hybridized carbons (Fsp3) is 0.200. The van der Waals surface area contributed by atoms with Crippen LogP contribution in [-0.2, 0) is 6.54 Å². The summed E-state index contributed by atoms with van der Waals surface area (Å²) in [5.41, 5.74) is 2.95. The van der Waals surface area contributed by atoms with Crippen LogP contribution in [0.25, 0.3) is 22.4 Å². The van der Waals surface area contributed by atoms with Crippen LogP contribution in [0.5, 0.6) is 0 Å². The number of nitrogens with zero attached hydrogens (tertiary/aromatic N) is 3. The fourth-order valence-corrected chi connectivity index (χ4v) is 2.57. The molecule has 3 aromatic rings. The van der Waals surface area contributed by atoms with E-state index in [0.29, 0.717) is 0 Å². The second-order valence-corrected chi connectivity index (χ2v) is 4.84. The summed E-state index contributed by atoms with van der Waals surface area (Å²) in [6, 6.07) is 9.78. The van der Waals surface area contributed by atoms with Gasteiger partial charge >= 0.3 is 0 Å². The molecule has 0 saturated carbocycles. The molecule has 1 aromatic carbocycles. The summed E-state index contributed by atoms with van der Waals surface area (Å²) >= 11 is 6.32. The van der Waals surface area contributed by atoms with Crippen LogP contribution >= 0.6 is 11.6 Å². The molecule has 0 aliphatic carbocycles. The predicted molar refractivity (Wildman–Crippen MR) is 78.3 cm³/mol. The molecule has 2 aromatic heterocycles. The molecule has 0 amide bonds. The topological polar surface area (TPSA) is 30.7 Å². The van der Waals surface area contributed by atoms with Gasteiger partial charge in [-0.2, -0.15) is 0 Å². The van der Waals surface area contributed by atoms with Crippen molar-refractivity contribution in [3.63, 3.8) is 0 Å². The second-order valence-electron chi connectivity index (χ2n) is 4.44. The van der Waals surface area contributed by atoms with E-state index in [2.05, 4.69) is 16.5 Å². The van der Waals surface area contributed by atoms with Crippen molar-refractivity contribution in [3.05, 3.63) is 47.7 Å². The molecular weight excluding hydrogens is 258 g/mol. The quantitative estimate of drug-likeness (QED) is 0.716. The van der Waals surface area contributed by atoms with Crippen molar-refractivity contribution in [2.45, 2.75) is 19.9 Å². The highest BCUT2D eigenvalue weighted by molar-refractivity contribution is 6.35. The molecule has 0 spiro atoms. The van der Waals surface area contributed by atoms with E-state index in [9.17, 15) is 0 Å². The average Bonchev–Trinajstić information content (AvgIpc) is 2.81. The van der Waals surface area contributed by atoms with Gasteiger partial charge in [-0.15, -0.1) is 0 Å². The molecular formula is C15H14ClN3. The van der Waals surface area contributed by atoms with Crippen LogP contribution in [0.3, 0.4) is 0 Å². The van der Waals surface area contributed by atoms with Gasteiger partial charge in [0.2, 0.25) is 0 Å². The minimum atomic E-state index is 0.744. The molecule has 2 heterocycles. The van der Waals surface area contributed by atoms with E-state index in [4.69, 9.17) is 16.6 Å². The molecule has 0 aliphatic heterocycles. The zero-order chi connectivity index (χ0) is 13.2. The zero-order valence-electron chi connectivity index (χ0n) is 10.7. The molecule has 0 saturated heterocycles. The number of rotatable bonds is 3. The van der Waals surface area contributed by atoms with Crippen LogP contribution in [0.2, 0.25) is 5.02 Å². The Morgan fingerprint density at radius 2 is 2.11 bits per heavy atom. The highest BCUT2D eigenvalue weighted by atomic mass is 35.5. The number of hydrogen-bond donors (Lipinski definition) is 0. The Morgan fingerprint density at radius 1 is 1.21 bits per heavy atom. The number of halogens is 1. The number of hydrogen-bond acceptors (Lipinski definition) is 2. The van der Waals surface area contributed by atoms with Gasteiger partial charge in [0.15, 0.2) is 0 Å². The van der Waals surface area contributed by atoms with Gasteiger partial charge in [0.05, 0.1) is 16.1 Å². The van der Waals surface area contributed by atoms with E-state index < -0.39 is 0 Å². The highest BCUT2D eigenvalue weighted by Gasteiger charge is 2.14. The lowest BCUT2D eigenvalue weighted by Gasteiger charge is -2.08. The molecule has 3 rings (SSSR count). The summed E-state index contributed by atoms with van der Waals surface area (Å²) in [6.45, 7) is 3.04. The summed E-state index contributed by atoms with van der Waals surface area (Å²) < 4.78 is 2.18. The number of fused-ring (bicyclic) bond motifs is 1. The van der Waals surface area contributed by atoms with Crippen molar-refractivity contribution in [1.82, 2.24) is 14.5 Å². The third kappa shape index (κ3) is 2.10. The van der Waals surface area contributed by atoms with Gasteiger partial charge in [0.25, 0.3) is 0 Å². The van der Waals surface area contributed by atoms with Crippen LogP contribution in [-0.4, -0.2) is 14.5 Å². The number of imidazole rings is 1. The fourth-order valence-electron chi connectivity index (χ4n) is 2.30. The molecule has 0 unspecified atom stereocenters. The van der Waals surface area contributed by atoms with E-state index in [1.807, 2.05) is 36.5 Å². The highest BCUT2D eigenvalue weighted by Crippen LogP contribution is 2.29. The SMILES string of the molecule is CCCn1c(-c2cccnc2)nc2cccc(Cl)c21. The molecule has 0 fully saturated rings.